The lowest BCUT2D eigenvalue weighted by Gasteiger charge is -2.34. The van der Waals surface area contributed by atoms with Gasteiger partial charge in [-0.1, -0.05) is 0 Å². The number of nitro groups is 1. The van der Waals surface area contributed by atoms with Crippen LogP contribution >= 0.6 is 11.3 Å². The highest BCUT2D eigenvalue weighted by Gasteiger charge is 2.33. The number of thiophene rings is 1. The number of piperazine rings is 1. The van der Waals surface area contributed by atoms with E-state index in [1.807, 2.05) is 4.90 Å². The standard InChI is InChI=1S/C13H17N3O3S/c1-9-11(16(18)19)8-12(20-9)13(17)15-6-4-14(5-7-15)10-2-3-10/h8,10H,2-7H2,1H3. The number of hydrogen-bond donors (Lipinski definition) is 0. The van der Waals surface area contributed by atoms with Crippen molar-refractivity contribution < 1.29 is 9.72 Å². The van der Waals surface area contributed by atoms with Crippen molar-refractivity contribution in [3.63, 3.8) is 0 Å². The molecule has 0 radical (unpaired) electrons. The van der Waals surface area contributed by atoms with Crippen molar-refractivity contribution in [2.75, 3.05) is 26.2 Å². The average molecular weight is 295 g/mol. The number of carbonyl (C=O) groups is 1. The summed E-state index contributed by atoms with van der Waals surface area (Å²) in [4.78, 5) is 28.1. The fraction of sp³-hybridized carbons (Fsp3) is 0.615. The number of aryl methyl sites for hydroxylation is 1. The Morgan fingerprint density at radius 2 is 2.00 bits per heavy atom. The second-order valence-corrected chi connectivity index (χ2v) is 6.62. The highest BCUT2D eigenvalue weighted by atomic mass is 32.1. The van der Waals surface area contributed by atoms with E-state index in [1.165, 1.54) is 30.2 Å². The van der Waals surface area contributed by atoms with Crippen LogP contribution in [0, 0.1) is 17.0 Å². The Bertz CT molecular complexity index is 545. The van der Waals surface area contributed by atoms with Gasteiger partial charge in [-0.25, -0.2) is 0 Å². The predicted octanol–water partition coefficient (Wildman–Crippen LogP) is 1.88. The summed E-state index contributed by atoms with van der Waals surface area (Å²) < 4.78 is 0. The molecule has 0 spiro atoms. The molecule has 6 nitrogen and oxygen atoms in total. The Balaban J connectivity index is 1.66. The first-order valence-electron chi connectivity index (χ1n) is 6.84. The van der Waals surface area contributed by atoms with Crippen LogP contribution in [-0.2, 0) is 0 Å². The van der Waals surface area contributed by atoms with Crippen molar-refractivity contribution in [1.29, 1.82) is 0 Å². The van der Waals surface area contributed by atoms with E-state index in [4.69, 9.17) is 0 Å². The number of hydrogen-bond acceptors (Lipinski definition) is 5. The summed E-state index contributed by atoms with van der Waals surface area (Å²) in [6.45, 7) is 4.97. The maximum atomic E-state index is 12.4. The van der Waals surface area contributed by atoms with Gasteiger partial charge in [0.1, 0.15) is 0 Å². The topological polar surface area (TPSA) is 66.7 Å². The molecule has 0 aromatic carbocycles. The molecule has 1 aromatic heterocycles. The molecule has 1 aromatic rings. The second-order valence-electron chi connectivity index (χ2n) is 5.37. The molecule has 2 aliphatic rings. The molecular weight excluding hydrogens is 278 g/mol. The smallest absolute Gasteiger partial charge is 0.283 e. The van der Waals surface area contributed by atoms with Crippen LogP contribution in [0.4, 0.5) is 5.69 Å². The highest BCUT2D eigenvalue weighted by molar-refractivity contribution is 7.14. The maximum Gasteiger partial charge on any atom is 0.283 e. The number of carbonyl (C=O) groups excluding carboxylic acids is 1. The quantitative estimate of drug-likeness (QED) is 0.631. The normalized spacial score (nSPS) is 20.1. The van der Waals surface area contributed by atoms with Crippen molar-refractivity contribution in [2.24, 2.45) is 0 Å². The minimum Gasteiger partial charge on any atom is -0.335 e. The molecular formula is C13H17N3O3S. The number of amides is 1. The zero-order chi connectivity index (χ0) is 14.3. The molecule has 1 saturated carbocycles. The van der Waals surface area contributed by atoms with E-state index in [1.54, 1.807) is 6.92 Å². The van der Waals surface area contributed by atoms with Crippen molar-refractivity contribution in [1.82, 2.24) is 9.80 Å². The van der Waals surface area contributed by atoms with Crippen molar-refractivity contribution in [3.05, 3.63) is 25.9 Å². The van der Waals surface area contributed by atoms with E-state index >= 15 is 0 Å². The lowest BCUT2D eigenvalue weighted by molar-refractivity contribution is -0.385. The van der Waals surface area contributed by atoms with Crippen LogP contribution in [0.15, 0.2) is 6.07 Å². The van der Waals surface area contributed by atoms with E-state index < -0.39 is 4.92 Å². The van der Waals surface area contributed by atoms with Gasteiger partial charge in [0.05, 0.1) is 14.7 Å². The molecule has 0 N–H and O–H groups in total. The molecule has 1 amide bonds. The van der Waals surface area contributed by atoms with Crippen LogP contribution in [0.3, 0.4) is 0 Å². The summed E-state index contributed by atoms with van der Waals surface area (Å²) in [5.41, 5.74) is 0.0509. The van der Waals surface area contributed by atoms with Gasteiger partial charge in [-0.05, 0) is 19.8 Å². The number of rotatable bonds is 3. The molecule has 2 heterocycles. The molecule has 1 aliphatic carbocycles. The van der Waals surface area contributed by atoms with Crippen molar-refractivity contribution >= 4 is 22.9 Å². The van der Waals surface area contributed by atoms with Gasteiger partial charge in [0.25, 0.3) is 11.6 Å². The predicted molar refractivity (Wildman–Crippen MR) is 76.2 cm³/mol. The summed E-state index contributed by atoms with van der Waals surface area (Å²) in [7, 11) is 0. The SMILES string of the molecule is Cc1sc(C(=O)N2CCN(C3CC3)CC2)cc1[N+](=O)[O-]. The van der Waals surface area contributed by atoms with Gasteiger partial charge < -0.3 is 4.90 Å². The molecule has 1 aliphatic heterocycles. The van der Waals surface area contributed by atoms with Gasteiger partial charge in [0.2, 0.25) is 0 Å². The Labute approximate surface area is 121 Å². The summed E-state index contributed by atoms with van der Waals surface area (Å²) in [5.74, 6) is -0.0679. The van der Waals surface area contributed by atoms with Crippen LogP contribution in [0.5, 0.6) is 0 Å². The van der Waals surface area contributed by atoms with Crippen LogP contribution in [0.1, 0.15) is 27.4 Å². The monoisotopic (exact) mass is 295 g/mol. The van der Waals surface area contributed by atoms with Gasteiger partial charge in [0, 0.05) is 38.3 Å². The fourth-order valence-corrected chi connectivity index (χ4v) is 3.60. The zero-order valence-corrected chi connectivity index (χ0v) is 12.2. The third-order valence-electron chi connectivity index (χ3n) is 3.96. The summed E-state index contributed by atoms with van der Waals surface area (Å²) in [6.07, 6.45) is 2.56. The fourth-order valence-electron chi connectivity index (χ4n) is 2.64. The highest BCUT2D eigenvalue weighted by Crippen LogP contribution is 2.30. The number of nitrogens with zero attached hydrogens (tertiary/aromatic N) is 3. The van der Waals surface area contributed by atoms with Gasteiger partial charge in [-0.15, -0.1) is 11.3 Å². The van der Waals surface area contributed by atoms with Gasteiger partial charge in [-0.3, -0.25) is 19.8 Å². The molecule has 0 atom stereocenters. The van der Waals surface area contributed by atoms with Crippen LogP contribution in [-0.4, -0.2) is 52.9 Å². The van der Waals surface area contributed by atoms with Crippen LogP contribution in [0.25, 0.3) is 0 Å². The molecule has 7 heteroatoms. The summed E-state index contributed by atoms with van der Waals surface area (Å²) in [6, 6.07) is 2.15. The van der Waals surface area contributed by atoms with E-state index in [0.717, 1.165) is 32.2 Å². The lowest BCUT2D eigenvalue weighted by atomic mass is 10.2. The van der Waals surface area contributed by atoms with E-state index in [2.05, 4.69) is 4.90 Å². The summed E-state index contributed by atoms with van der Waals surface area (Å²) >= 11 is 1.22. The Morgan fingerprint density at radius 3 is 2.50 bits per heavy atom. The lowest BCUT2D eigenvalue weighted by Crippen LogP contribution is -2.49. The Morgan fingerprint density at radius 1 is 1.35 bits per heavy atom. The van der Waals surface area contributed by atoms with Crippen molar-refractivity contribution in [3.8, 4) is 0 Å². The molecule has 0 bridgehead atoms. The minimum absolute atomic E-state index is 0.0509. The van der Waals surface area contributed by atoms with E-state index in [9.17, 15) is 14.9 Å². The van der Waals surface area contributed by atoms with Crippen LogP contribution in [0.2, 0.25) is 0 Å². The molecule has 1 saturated heterocycles. The molecule has 108 valence electrons. The third-order valence-corrected chi connectivity index (χ3v) is 4.99. The molecule has 20 heavy (non-hydrogen) atoms. The first kappa shape index (κ1) is 13.5. The molecule has 3 rings (SSSR count). The van der Waals surface area contributed by atoms with E-state index in [-0.39, 0.29) is 11.6 Å². The molecule has 0 unspecified atom stereocenters. The van der Waals surface area contributed by atoms with E-state index in [0.29, 0.717) is 9.75 Å². The first-order valence-corrected chi connectivity index (χ1v) is 7.66. The first-order chi connectivity index (χ1) is 9.56. The Hall–Kier alpha value is -1.47. The van der Waals surface area contributed by atoms with Crippen LogP contribution < -0.4 is 0 Å². The minimum atomic E-state index is -0.423. The van der Waals surface area contributed by atoms with Crippen molar-refractivity contribution in [2.45, 2.75) is 25.8 Å². The third kappa shape index (κ3) is 2.55. The second kappa shape index (κ2) is 5.14. The zero-order valence-electron chi connectivity index (χ0n) is 11.4. The Kier molecular flexibility index (Phi) is 3.47. The van der Waals surface area contributed by atoms with Gasteiger partial charge in [-0.2, -0.15) is 0 Å². The van der Waals surface area contributed by atoms with Gasteiger partial charge >= 0.3 is 0 Å². The summed E-state index contributed by atoms with van der Waals surface area (Å²) in [5, 5.41) is 10.8. The largest absolute Gasteiger partial charge is 0.335 e. The van der Waals surface area contributed by atoms with Gasteiger partial charge in [0.15, 0.2) is 0 Å². The molecule has 2 fully saturated rings. The maximum absolute atomic E-state index is 12.4. The average Bonchev–Trinajstić information content (AvgIpc) is 3.20.